The highest BCUT2D eigenvalue weighted by molar-refractivity contribution is 5.97. The van der Waals surface area contributed by atoms with E-state index in [9.17, 15) is 19.1 Å². The van der Waals surface area contributed by atoms with Gasteiger partial charge in [-0.05, 0) is 78.5 Å². The number of aliphatic hydroxyl groups excluding tert-OH is 1. The van der Waals surface area contributed by atoms with E-state index in [4.69, 9.17) is 9.47 Å². The number of hydrogen-bond donors (Lipinski definition) is 1. The average Bonchev–Trinajstić information content (AvgIpc) is 3.41. The summed E-state index contributed by atoms with van der Waals surface area (Å²) in [6.45, 7) is 19.4. The molecule has 2 saturated heterocycles. The number of carbonyl (C=O) groups excluding carboxylic acids is 2. The first-order valence-electron chi connectivity index (χ1n) is 16.6. The van der Waals surface area contributed by atoms with Crippen LogP contribution < -0.4 is 9.64 Å². The quantitative estimate of drug-likeness (QED) is 0.340. The van der Waals surface area contributed by atoms with Crippen molar-refractivity contribution in [3.63, 3.8) is 0 Å². The Morgan fingerprint density at radius 3 is 2.47 bits per heavy atom. The van der Waals surface area contributed by atoms with Gasteiger partial charge in [0, 0.05) is 63.8 Å². The fourth-order valence-corrected chi connectivity index (χ4v) is 6.65. The van der Waals surface area contributed by atoms with E-state index in [2.05, 4.69) is 38.8 Å². The molecular weight excluding hydrogens is 605 g/mol. The maximum absolute atomic E-state index is 14.3. The van der Waals surface area contributed by atoms with Gasteiger partial charge in [-0.2, -0.15) is 0 Å². The number of hydrogen-bond acceptors (Lipinski definition) is 10. The number of halogens is 1. The topological polar surface area (TPSA) is 124 Å². The maximum Gasteiger partial charge on any atom is 0.410 e. The minimum absolute atomic E-state index is 0.0452. The second-order valence-corrected chi connectivity index (χ2v) is 14.7. The summed E-state index contributed by atoms with van der Waals surface area (Å²) in [4.78, 5) is 37.9. The van der Waals surface area contributed by atoms with Crippen LogP contribution in [0.15, 0.2) is 24.5 Å². The molecule has 3 heterocycles. The van der Waals surface area contributed by atoms with Gasteiger partial charge in [-0.3, -0.25) is 9.69 Å². The Labute approximate surface area is 278 Å². The van der Waals surface area contributed by atoms with Crippen molar-refractivity contribution < 1.29 is 28.6 Å². The molecule has 2 aliphatic rings. The number of carbonyl (C=O) groups is 2. The Hall–Kier alpha value is -3.58. The molecule has 2 atom stereocenters. The SMILES string of the molecule is CCN(C(=O)c1cc(F)ccc1Oc1nncnc1N1CCC2(C1)CN(C(CC(O)CN(C)C(=O)OC(C)(C)C)C(C)C)C2)C(C)C. The highest BCUT2D eigenvalue weighted by atomic mass is 19.1. The number of aliphatic hydroxyl groups is 1. The lowest BCUT2D eigenvalue weighted by Gasteiger charge is -2.53. The third-order valence-corrected chi connectivity index (χ3v) is 8.93. The number of amides is 2. The first-order valence-corrected chi connectivity index (χ1v) is 16.6. The van der Waals surface area contributed by atoms with Crippen LogP contribution in [0, 0.1) is 17.2 Å². The average molecular weight is 658 g/mol. The largest absolute Gasteiger partial charge is 0.444 e. The molecule has 260 valence electrons. The standard InChI is InChI=1S/C34H52FN7O5/c1-10-42(23(4)5)31(44)26-15-24(35)11-12-28(26)46-30-29(36-21-37-38-30)40-14-13-34(18-40)19-41(20-34)27(22(2)3)16-25(43)17-39(9)32(45)47-33(6,7)8/h11-12,15,21-23,25,27,43H,10,13-14,16-20H2,1-9H3. The highest BCUT2D eigenvalue weighted by Gasteiger charge is 2.50. The molecule has 1 aromatic carbocycles. The lowest BCUT2D eigenvalue weighted by molar-refractivity contribution is -0.0488. The van der Waals surface area contributed by atoms with E-state index in [1.54, 1.807) is 11.9 Å². The zero-order valence-electron chi connectivity index (χ0n) is 29.4. The third-order valence-electron chi connectivity index (χ3n) is 8.93. The highest BCUT2D eigenvalue weighted by Crippen LogP contribution is 2.44. The Morgan fingerprint density at radius 2 is 1.85 bits per heavy atom. The third kappa shape index (κ3) is 8.86. The molecule has 2 amide bonds. The number of benzene rings is 1. The van der Waals surface area contributed by atoms with Crippen LogP contribution in [0.2, 0.25) is 0 Å². The second-order valence-electron chi connectivity index (χ2n) is 14.7. The molecule has 2 aromatic rings. The molecule has 2 fully saturated rings. The summed E-state index contributed by atoms with van der Waals surface area (Å²) in [6.07, 6.45) is 1.73. The smallest absolute Gasteiger partial charge is 0.410 e. The van der Waals surface area contributed by atoms with Crippen LogP contribution in [0.4, 0.5) is 15.0 Å². The van der Waals surface area contributed by atoms with Gasteiger partial charge in [0.25, 0.3) is 11.8 Å². The van der Waals surface area contributed by atoms with Gasteiger partial charge in [0.1, 0.15) is 23.5 Å². The van der Waals surface area contributed by atoms with Gasteiger partial charge in [0.15, 0.2) is 5.82 Å². The molecule has 0 saturated carbocycles. The summed E-state index contributed by atoms with van der Waals surface area (Å²) >= 11 is 0. The molecule has 4 rings (SSSR count). The number of nitrogens with zero attached hydrogens (tertiary/aromatic N) is 7. The summed E-state index contributed by atoms with van der Waals surface area (Å²) in [5, 5.41) is 19.1. The van der Waals surface area contributed by atoms with Gasteiger partial charge in [0.05, 0.1) is 11.7 Å². The Bertz CT molecular complexity index is 1400. The van der Waals surface area contributed by atoms with E-state index >= 15 is 0 Å². The molecule has 1 N–H and O–H groups in total. The normalized spacial score (nSPS) is 17.5. The predicted octanol–water partition coefficient (Wildman–Crippen LogP) is 4.83. The van der Waals surface area contributed by atoms with Crippen molar-refractivity contribution in [2.45, 2.75) is 92.0 Å². The van der Waals surface area contributed by atoms with E-state index in [0.29, 0.717) is 24.7 Å². The minimum Gasteiger partial charge on any atom is -0.444 e. The summed E-state index contributed by atoms with van der Waals surface area (Å²) in [5.41, 5.74) is -0.438. The van der Waals surface area contributed by atoms with Crippen LogP contribution in [0.5, 0.6) is 11.6 Å². The maximum atomic E-state index is 14.3. The lowest BCUT2D eigenvalue weighted by Crippen LogP contribution is -2.62. The summed E-state index contributed by atoms with van der Waals surface area (Å²) < 4.78 is 25.9. The fourth-order valence-electron chi connectivity index (χ4n) is 6.65. The van der Waals surface area contributed by atoms with Crippen molar-refractivity contribution in [1.82, 2.24) is 29.9 Å². The van der Waals surface area contributed by atoms with Crippen LogP contribution in [0.25, 0.3) is 0 Å². The zero-order chi connectivity index (χ0) is 34.7. The number of anilines is 1. The molecular formula is C34H52FN7O5. The summed E-state index contributed by atoms with van der Waals surface area (Å²) in [6, 6.07) is 3.97. The van der Waals surface area contributed by atoms with Gasteiger partial charge in [-0.25, -0.2) is 14.2 Å². The van der Waals surface area contributed by atoms with Gasteiger partial charge < -0.3 is 29.3 Å². The Balaban J connectivity index is 1.41. The van der Waals surface area contributed by atoms with E-state index in [1.165, 1.54) is 29.4 Å². The number of rotatable bonds is 12. The molecule has 2 aliphatic heterocycles. The summed E-state index contributed by atoms with van der Waals surface area (Å²) in [7, 11) is 1.65. The van der Waals surface area contributed by atoms with E-state index < -0.39 is 23.6 Å². The van der Waals surface area contributed by atoms with Crippen molar-refractivity contribution in [3.8, 4) is 11.6 Å². The molecule has 0 bridgehead atoms. The van der Waals surface area contributed by atoms with Crippen molar-refractivity contribution >= 4 is 17.8 Å². The minimum atomic E-state index is -0.684. The number of ether oxygens (including phenoxy) is 2. The Morgan fingerprint density at radius 1 is 1.15 bits per heavy atom. The molecule has 2 unspecified atom stereocenters. The second kappa shape index (κ2) is 14.7. The number of aromatic nitrogens is 3. The molecule has 1 aromatic heterocycles. The first-order chi connectivity index (χ1) is 22.0. The lowest BCUT2D eigenvalue weighted by atomic mass is 9.76. The first kappa shape index (κ1) is 36.3. The van der Waals surface area contributed by atoms with Crippen LogP contribution in [0.1, 0.15) is 78.6 Å². The van der Waals surface area contributed by atoms with Crippen molar-refractivity contribution in [1.29, 1.82) is 0 Å². The van der Waals surface area contributed by atoms with Gasteiger partial charge >= 0.3 is 6.09 Å². The van der Waals surface area contributed by atoms with Gasteiger partial charge in [-0.15, -0.1) is 10.2 Å². The molecule has 1 spiro atoms. The van der Waals surface area contributed by atoms with Gasteiger partial charge in [-0.1, -0.05) is 13.8 Å². The van der Waals surface area contributed by atoms with Crippen molar-refractivity contribution in [2.75, 3.05) is 51.2 Å². The molecule has 13 heteroatoms. The van der Waals surface area contributed by atoms with E-state index in [1.807, 2.05) is 41.5 Å². The predicted molar refractivity (Wildman–Crippen MR) is 177 cm³/mol. The van der Waals surface area contributed by atoms with Crippen LogP contribution in [-0.4, -0.2) is 117 Å². The molecule has 0 radical (unpaired) electrons. The molecule has 12 nitrogen and oxygen atoms in total. The molecule has 0 aliphatic carbocycles. The monoisotopic (exact) mass is 657 g/mol. The molecule has 47 heavy (non-hydrogen) atoms. The van der Waals surface area contributed by atoms with E-state index in [-0.39, 0.29) is 47.1 Å². The van der Waals surface area contributed by atoms with Crippen molar-refractivity contribution in [3.05, 3.63) is 35.9 Å². The number of likely N-dealkylation sites (tertiary alicyclic amines) is 1. The van der Waals surface area contributed by atoms with Gasteiger partial charge in [0.2, 0.25) is 0 Å². The fraction of sp³-hybridized carbons (Fsp3) is 0.676. The van der Waals surface area contributed by atoms with E-state index in [0.717, 1.165) is 32.6 Å². The van der Waals surface area contributed by atoms with Crippen molar-refractivity contribution in [2.24, 2.45) is 11.3 Å². The van der Waals surface area contributed by atoms with Crippen LogP contribution in [-0.2, 0) is 4.74 Å². The Kier molecular flexibility index (Phi) is 11.3. The van der Waals surface area contributed by atoms with Crippen LogP contribution >= 0.6 is 0 Å². The van der Waals surface area contributed by atoms with Crippen LogP contribution in [0.3, 0.4) is 0 Å². The zero-order valence-corrected chi connectivity index (χ0v) is 29.4. The summed E-state index contributed by atoms with van der Waals surface area (Å²) in [5.74, 6) is 0.326. The number of likely N-dealkylation sites (N-methyl/N-ethyl adjacent to an activating group) is 1.